The molecule has 0 heterocycles. The van der Waals surface area contributed by atoms with Crippen molar-refractivity contribution in [1.29, 1.82) is 0 Å². The molecule has 0 aromatic heterocycles. The van der Waals surface area contributed by atoms with Crippen LogP contribution >= 0.6 is 11.6 Å². The maximum absolute atomic E-state index is 14.4. The Hall–Kier alpha value is -4.14. The Morgan fingerprint density at radius 1 is 0.837 bits per heavy atom. The molecule has 1 N–H and O–H groups in total. The van der Waals surface area contributed by atoms with Crippen LogP contribution in [0.25, 0.3) is 0 Å². The molecule has 4 aromatic carbocycles. The normalized spacial score (nSPS) is 11.9. The number of para-hydroxylation sites is 1. The number of benzene rings is 4. The van der Waals surface area contributed by atoms with Crippen LogP contribution in [0.5, 0.6) is 0 Å². The Morgan fingerprint density at radius 3 is 2.14 bits per heavy atom. The molecule has 9 heteroatoms. The minimum atomic E-state index is -4.19. The lowest BCUT2D eigenvalue weighted by molar-refractivity contribution is -0.140. The third-order valence-electron chi connectivity index (χ3n) is 7.12. The fraction of sp³-hybridized carbons (Fsp3) is 0.235. The summed E-state index contributed by atoms with van der Waals surface area (Å²) in [6.45, 7) is 5.57. The minimum Gasteiger partial charge on any atom is -0.355 e. The Balaban J connectivity index is 1.80. The van der Waals surface area contributed by atoms with Gasteiger partial charge in [0.25, 0.3) is 10.0 Å². The molecule has 0 fully saturated rings. The quantitative estimate of drug-likeness (QED) is 0.214. The van der Waals surface area contributed by atoms with Gasteiger partial charge in [-0.1, -0.05) is 90.0 Å². The SMILES string of the molecule is CCNC(=O)C(Cc1ccccc1)N(Cc1cccc(C)c1)C(=O)CN(c1ccccc1C)S(=O)(=O)c1ccc(Cl)cc1. The number of nitrogens with zero attached hydrogens (tertiary/aromatic N) is 2. The van der Waals surface area contributed by atoms with Gasteiger partial charge in [0.1, 0.15) is 12.6 Å². The maximum Gasteiger partial charge on any atom is 0.264 e. The van der Waals surface area contributed by atoms with Gasteiger partial charge in [-0.2, -0.15) is 0 Å². The molecule has 7 nitrogen and oxygen atoms in total. The average Bonchev–Trinajstić information content (AvgIpc) is 2.99. The largest absolute Gasteiger partial charge is 0.355 e. The van der Waals surface area contributed by atoms with Gasteiger partial charge in [0.2, 0.25) is 11.8 Å². The third kappa shape index (κ3) is 8.03. The molecular weight excluding hydrogens is 582 g/mol. The minimum absolute atomic E-state index is 0.00255. The number of anilines is 1. The first-order valence-corrected chi connectivity index (χ1v) is 15.9. The van der Waals surface area contributed by atoms with Crippen LogP contribution < -0.4 is 9.62 Å². The molecule has 0 spiro atoms. The summed E-state index contributed by atoms with van der Waals surface area (Å²) in [6.07, 6.45) is 0.262. The molecule has 0 saturated carbocycles. The number of likely N-dealkylation sites (N-methyl/N-ethyl adjacent to an activating group) is 1. The van der Waals surface area contributed by atoms with E-state index in [4.69, 9.17) is 11.6 Å². The molecular formula is C34H36ClN3O4S. The zero-order valence-electron chi connectivity index (χ0n) is 24.5. The highest BCUT2D eigenvalue weighted by Gasteiger charge is 2.34. The summed E-state index contributed by atoms with van der Waals surface area (Å²) in [6, 6.07) is 29.2. The zero-order valence-corrected chi connectivity index (χ0v) is 26.1. The van der Waals surface area contributed by atoms with Gasteiger partial charge >= 0.3 is 0 Å². The summed E-state index contributed by atoms with van der Waals surface area (Å²) in [7, 11) is -4.19. The second-order valence-electron chi connectivity index (χ2n) is 10.4. The van der Waals surface area contributed by atoms with Gasteiger partial charge in [-0.25, -0.2) is 8.42 Å². The molecule has 1 unspecified atom stereocenters. The fourth-order valence-electron chi connectivity index (χ4n) is 4.94. The summed E-state index contributed by atoms with van der Waals surface area (Å²) in [5, 5.41) is 3.27. The zero-order chi connectivity index (χ0) is 31.0. The third-order valence-corrected chi connectivity index (χ3v) is 9.15. The van der Waals surface area contributed by atoms with Gasteiger partial charge in [-0.05, 0) is 67.8 Å². The van der Waals surface area contributed by atoms with E-state index in [1.165, 1.54) is 29.2 Å². The lowest BCUT2D eigenvalue weighted by Crippen LogP contribution is -2.53. The summed E-state index contributed by atoms with van der Waals surface area (Å²) in [5.74, 6) is -0.815. The van der Waals surface area contributed by atoms with E-state index in [0.717, 1.165) is 21.0 Å². The number of nitrogens with one attached hydrogen (secondary N) is 1. The van der Waals surface area contributed by atoms with Crippen LogP contribution in [0.1, 0.15) is 29.2 Å². The lowest BCUT2D eigenvalue weighted by Gasteiger charge is -2.34. The number of rotatable bonds is 12. The number of halogens is 1. The summed E-state index contributed by atoms with van der Waals surface area (Å²) < 4.78 is 29.3. The van der Waals surface area contributed by atoms with Gasteiger partial charge < -0.3 is 10.2 Å². The van der Waals surface area contributed by atoms with E-state index >= 15 is 0 Å². The summed E-state index contributed by atoms with van der Waals surface area (Å²) in [5.41, 5.74) is 3.78. The first-order chi connectivity index (χ1) is 20.6. The van der Waals surface area contributed by atoms with Crippen molar-refractivity contribution in [1.82, 2.24) is 10.2 Å². The van der Waals surface area contributed by atoms with Crippen molar-refractivity contribution in [3.8, 4) is 0 Å². The molecule has 4 rings (SSSR count). The molecule has 1 atom stereocenters. The van der Waals surface area contributed by atoms with E-state index in [9.17, 15) is 18.0 Å². The summed E-state index contributed by atoms with van der Waals surface area (Å²) >= 11 is 6.05. The molecule has 0 bridgehead atoms. The second kappa shape index (κ2) is 14.4. The highest BCUT2D eigenvalue weighted by atomic mass is 35.5. The van der Waals surface area contributed by atoms with Crippen molar-refractivity contribution < 1.29 is 18.0 Å². The highest BCUT2D eigenvalue weighted by molar-refractivity contribution is 7.92. The fourth-order valence-corrected chi connectivity index (χ4v) is 6.55. The van der Waals surface area contributed by atoms with Gasteiger partial charge in [0.15, 0.2) is 0 Å². The molecule has 43 heavy (non-hydrogen) atoms. The van der Waals surface area contributed by atoms with E-state index in [0.29, 0.717) is 22.8 Å². The molecule has 0 radical (unpaired) electrons. The van der Waals surface area contributed by atoms with Gasteiger partial charge in [0, 0.05) is 24.5 Å². The highest BCUT2D eigenvalue weighted by Crippen LogP contribution is 2.28. The van der Waals surface area contributed by atoms with E-state index in [-0.39, 0.29) is 23.8 Å². The number of hydrogen-bond acceptors (Lipinski definition) is 4. The predicted octanol–water partition coefficient (Wildman–Crippen LogP) is 5.93. The van der Waals surface area contributed by atoms with E-state index < -0.39 is 28.5 Å². The van der Waals surface area contributed by atoms with E-state index in [2.05, 4.69) is 5.32 Å². The maximum atomic E-state index is 14.4. The number of hydrogen-bond donors (Lipinski definition) is 1. The van der Waals surface area contributed by atoms with Crippen molar-refractivity contribution in [3.05, 3.63) is 130 Å². The molecule has 224 valence electrons. The monoisotopic (exact) mass is 617 g/mol. The number of sulfonamides is 1. The van der Waals surface area contributed by atoms with Crippen LogP contribution in [0.2, 0.25) is 5.02 Å². The lowest BCUT2D eigenvalue weighted by atomic mass is 10.0. The van der Waals surface area contributed by atoms with Crippen LogP contribution in [-0.4, -0.2) is 44.3 Å². The molecule has 0 aliphatic rings. The number of carbonyl (C=O) groups is 2. The van der Waals surface area contributed by atoms with Gasteiger partial charge in [-0.15, -0.1) is 0 Å². The van der Waals surface area contributed by atoms with Gasteiger partial charge in [0.05, 0.1) is 10.6 Å². The topological polar surface area (TPSA) is 86.8 Å². The van der Waals surface area contributed by atoms with Crippen molar-refractivity contribution in [3.63, 3.8) is 0 Å². The Kier molecular flexibility index (Phi) is 10.6. The number of carbonyl (C=O) groups excluding carboxylic acids is 2. The first kappa shape index (κ1) is 31.8. The van der Waals surface area contributed by atoms with Crippen LogP contribution in [0.15, 0.2) is 108 Å². The standard InChI is InChI=1S/C34H36ClN3O4S/c1-4-36-34(40)32(22-27-13-6-5-7-14-27)37(23-28-15-10-11-25(2)21-28)33(39)24-38(31-16-9-8-12-26(31)3)43(41,42)30-19-17-29(35)18-20-30/h5-21,32H,4,22-24H2,1-3H3,(H,36,40). The van der Waals surface area contributed by atoms with Crippen LogP contribution in [0.3, 0.4) is 0 Å². The molecule has 0 aliphatic heterocycles. The molecule has 0 saturated heterocycles. The van der Waals surface area contributed by atoms with Gasteiger partial charge in [-0.3, -0.25) is 13.9 Å². The smallest absolute Gasteiger partial charge is 0.264 e. The Bertz CT molecular complexity index is 1660. The van der Waals surface area contributed by atoms with Crippen molar-refractivity contribution in [2.45, 2.75) is 44.7 Å². The molecule has 4 aromatic rings. The predicted molar refractivity (Wildman–Crippen MR) is 172 cm³/mol. The molecule has 2 amide bonds. The Labute approximate surface area is 259 Å². The van der Waals surface area contributed by atoms with Crippen LogP contribution in [0, 0.1) is 13.8 Å². The van der Waals surface area contributed by atoms with E-state index in [1.807, 2.05) is 74.5 Å². The Morgan fingerprint density at radius 2 is 1.49 bits per heavy atom. The second-order valence-corrected chi connectivity index (χ2v) is 12.7. The number of amides is 2. The van der Waals surface area contributed by atoms with Crippen molar-refractivity contribution in [2.24, 2.45) is 0 Å². The molecule has 0 aliphatic carbocycles. The summed E-state index contributed by atoms with van der Waals surface area (Å²) in [4.78, 5) is 29.5. The van der Waals surface area contributed by atoms with Crippen molar-refractivity contribution >= 4 is 39.1 Å². The average molecular weight is 618 g/mol. The first-order valence-electron chi connectivity index (χ1n) is 14.1. The van der Waals surface area contributed by atoms with E-state index in [1.54, 1.807) is 25.1 Å². The van der Waals surface area contributed by atoms with Crippen LogP contribution in [-0.2, 0) is 32.6 Å². The van der Waals surface area contributed by atoms with Crippen LogP contribution in [0.4, 0.5) is 5.69 Å². The van der Waals surface area contributed by atoms with Crippen molar-refractivity contribution in [2.75, 3.05) is 17.4 Å². The number of aryl methyl sites for hydroxylation is 2.